The monoisotopic (exact) mass is 418 g/mol. The van der Waals surface area contributed by atoms with Gasteiger partial charge in [0.05, 0.1) is 12.2 Å². The van der Waals surface area contributed by atoms with Gasteiger partial charge in [0.2, 0.25) is 0 Å². The molecular formula is C20H26N4O2S2. The molecule has 1 N–H and O–H groups in total. The van der Waals surface area contributed by atoms with Gasteiger partial charge in [0, 0.05) is 24.5 Å². The number of nitrogens with one attached hydrogen (secondary N) is 1. The maximum Gasteiger partial charge on any atom is 0.286 e. The Hall–Kier alpha value is -1.74. The van der Waals surface area contributed by atoms with E-state index in [2.05, 4.69) is 37.0 Å². The zero-order valence-corrected chi connectivity index (χ0v) is 17.7. The van der Waals surface area contributed by atoms with Gasteiger partial charge in [-0.25, -0.2) is 0 Å². The average Bonchev–Trinajstić information content (AvgIpc) is 3.07. The van der Waals surface area contributed by atoms with E-state index in [1.54, 1.807) is 6.07 Å². The lowest BCUT2D eigenvalue weighted by atomic mass is 10.2. The topological polar surface area (TPSA) is 65.0 Å². The Kier molecular flexibility index (Phi) is 5.82. The molecule has 3 heterocycles. The van der Waals surface area contributed by atoms with Gasteiger partial charge in [-0.3, -0.25) is 4.90 Å². The molecule has 0 amide bonds. The number of sulfonamides is 1. The normalized spacial score (nSPS) is 20.1. The molecule has 2 aliphatic rings. The summed E-state index contributed by atoms with van der Waals surface area (Å²) in [6.45, 7) is 7.46. The number of hydrogen-bond acceptors (Lipinski definition) is 6. The van der Waals surface area contributed by atoms with E-state index in [1.165, 1.54) is 4.88 Å². The van der Waals surface area contributed by atoms with Gasteiger partial charge < -0.3 is 10.2 Å². The molecule has 0 radical (unpaired) electrons. The predicted molar refractivity (Wildman–Crippen MR) is 115 cm³/mol. The largest absolute Gasteiger partial charge is 0.341 e. The second kappa shape index (κ2) is 8.32. The van der Waals surface area contributed by atoms with Crippen LogP contribution in [0.2, 0.25) is 0 Å². The maximum atomic E-state index is 12.5. The van der Waals surface area contributed by atoms with Crippen molar-refractivity contribution in [3.63, 3.8) is 0 Å². The first-order valence-electron chi connectivity index (χ1n) is 9.68. The van der Waals surface area contributed by atoms with Crippen molar-refractivity contribution in [2.24, 2.45) is 4.40 Å². The smallest absolute Gasteiger partial charge is 0.286 e. The first-order chi connectivity index (χ1) is 13.5. The van der Waals surface area contributed by atoms with Gasteiger partial charge in [0.15, 0.2) is 0 Å². The van der Waals surface area contributed by atoms with Crippen molar-refractivity contribution in [1.29, 1.82) is 0 Å². The number of nitrogens with zero attached hydrogens (tertiary/aromatic N) is 3. The molecular weight excluding hydrogens is 392 g/mol. The first kappa shape index (κ1) is 19.6. The molecule has 1 fully saturated rings. The highest BCUT2D eigenvalue weighted by atomic mass is 32.2. The molecule has 0 bridgehead atoms. The van der Waals surface area contributed by atoms with Crippen LogP contribution in [-0.4, -0.2) is 63.3 Å². The van der Waals surface area contributed by atoms with Crippen LogP contribution in [0.4, 0.5) is 5.69 Å². The number of rotatable bonds is 5. The fourth-order valence-electron chi connectivity index (χ4n) is 3.73. The van der Waals surface area contributed by atoms with E-state index in [4.69, 9.17) is 0 Å². The van der Waals surface area contributed by atoms with E-state index in [1.807, 2.05) is 30.4 Å². The standard InChI is InChI=1S/C20H26N4O2S2/c1-16-5-6-18-19(14-16)28(25,26)22-20(21-18)15-24-9-3-8-23(11-12-24)10-7-17-4-2-13-27-17/h2,4-6,13-14H,3,7-12,15H2,1H3,(H,21,22). The van der Waals surface area contributed by atoms with Crippen LogP contribution >= 0.6 is 11.3 Å². The summed E-state index contributed by atoms with van der Waals surface area (Å²) < 4.78 is 29.1. The van der Waals surface area contributed by atoms with E-state index in [0.717, 1.165) is 51.1 Å². The maximum absolute atomic E-state index is 12.5. The summed E-state index contributed by atoms with van der Waals surface area (Å²) in [4.78, 5) is 6.50. The van der Waals surface area contributed by atoms with Gasteiger partial charge in [-0.1, -0.05) is 12.1 Å². The third-order valence-electron chi connectivity index (χ3n) is 5.23. The summed E-state index contributed by atoms with van der Waals surface area (Å²) >= 11 is 1.82. The van der Waals surface area contributed by atoms with E-state index in [0.29, 0.717) is 18.1 Å². The van der Waals surface area contributed by atoms with Crippen molar-refractivity contribution >= 4 is 32.9 Å². The highest BCUT2D eigenvalue weighted by Gasteiger charge is 2.26. The van der Waals surface area contributed by atoms with Gasteiger partial charge in [-0.05, 0) is 62.0 Å². The molecule has 4 rings (SSSR count). The van der Waals surface area contributed by atoms with Crippen LogP contribution in [0.25, 0.3) is 0 Å². The fourth-order valence-corrected chi connectivity index (χ4v) is 5.65. The molecule has 150 valence electrons. The van der Waals surface area contributed by atoms with Gasteiger partial charge in [0.25, 0.3) is 10.0 Å². The zero-order valence-electron chi connectivity index (χ0n) is 16.1. The highest BCUT2D eigenvalue weighted by molar-refractivity contribution is 7.90. The lowest BCUT2D eigenvalue weighted by Crippen LogP contribution is -2.38. The van der Waals surface area contributed by atoms with Crippen molar-refractivity contribution in [3.8, 4) is 0 Å². The zero-order chi connectivity index (χ0) is 19.6. The third-order valence-corrected chi connectivity index (χ3v) is 7.52. The Morgan fingerprint density at radius 3 is 2.79 bits per heavy atom. The Balaban J connectivity index is 1.36. The highest BCUT2D eigenvalue weighted by Crippen LogP contribution is 2.28. The minimum atomic E-state index is -3.63. The third kappa shape index (κ3) is 4.63. The Labute approximate surface area is 170 Å². The molecule has 1 saturated heterocycles. The summed E-state index contributed by atoms with van der Waals surface area (Å²) in [6.07, 6.45) is 2.18. The van der Waals surface area contributed by atoms with Crippen molar-refractivity contribution in [2.45, 2.75) is 24.7 Å². The molecule has 1 aromatic heterocycles. The van der Waals surface area contributed by atoms with Gasteiger partial charge >= 0.3 is 0 Å². The second-order valence-electron chi connectivity index (χ2n) is 7.44. The molecule has 0 spiro atoms. The molecule has 0 unspecified atom stereocenters. The molecule has 0 aliphatic carbocycles. The Morgan fingerprint density at radius 1 is 1.14 bits per heavy atom. The average molecular weight is 419 g/mol. The molecule has 28 heavy (non-hydrogen) atoms. The Bertz CT molecular complexity index is 955. The minimum absolute atomic E-state index is 0.270. The SMILES string of the molecule is Cc1ccc2c(c1)S(=O)(=O)N=C(CN1CCCN(CCc3cccs3)CC1)N2. The molecule has 0 saturated carbocycles. The van der Waals surface area contributed by atoms with Crippen LogP contribution in [0.3, 0.4) is 0 Å². The number of thiophene rings is 1. The van der Waals surface area contributed by atoms with E-state index in [-0.39, 0.29) is 4.90 Å². The van der Waals surface area contributed by atoms with Crippen LogP contribution in [0.1, 0.15) is 16.9 Å². The number of fused-ring (bicyclic) bond motifs is 1. The summed E-state index contributed by atoms with van der Waals surface area (Å²) in [6, 6.07) is 9.72. The van der Waals surface area contributed by atoms with Crippen LogP contribution in [0, 0.1) is 6.92 Å². The summed E-state index contributed by atoms with van der Waals surface area (Å²) in [5.74, 6) is 0.517. The summed E-state index contributed by atoms with van der Waals surface area (Å²) in [5.41, 5.74) is 1.54. The lowest BCUT2D eigenvalue weighted by Gasteiger charge is -2.25. The number of anilines is 1. The van der Waals surface area contributed by atoms with Gasteiger partial charge in [-0.2, -0.15) is 8.42 Å². The van der Waals surface area contributed by atoms with Crippen LogP contribution in [-0.2, 0) is 16.4 Å². The van der Waals surface area contributed by atoms with E-state index >= 15 is 0 Å². The number of aryl methyl sites for hydroxylation is 1. The summed E-state index contributed by atoms with van der Waals surface area (Å²) in [7, 11) is -3.63. The number of hydrogen-bond donors (Lipinski definition) is 1. The minimum Gasteiger partial charge on any atom is -0.341 e. The van der Waals surface area contributed by atoms with Crippen molar-refractivity contribution in [1.82, 2.24) is 9.80 Å². The number of benzene rings is 1. The number of amidine groups is 1. The molecule has 8 heteroatoms. The molecule has 0 atom stereocenters. The van der Waals surface area contributed by atoms with Crippen molar-refractivity contribution in [2.75, 3.05) is 44.6 Å². The molecule has 2 aromatic rings. The quantitative estimate of drug-likeness (QED) is 0.809. The molecule has 2 aliphatic heterocycles. The van der Waals surface area contributed by atoms with E-state index < -0.39 is 10.0 Å². The summed E-state index contributed by atoms with van der Waals surface area (Å²) in [5, 5.41) is 5.35. The van der Waals surface area contributed by atoms with Gasteiger partial charge in [0.1, 0.15) is 10.7 Å². The van der Waals surface area contributed by atoms with Crippen LogP contribution < -0.4 is 5.32 Å². The van der Waals surface area contributed by atoms with Crippen LogP contribution in [0.5, 0.6) is 0 Å². The van der Waals surface area contributed by atoms with E-state index in [9.17, 15) is 8.42 Å². The molecule has 1 aromatic carbocycles. The lowest BCUT2D eigenvalue weighted by molar-refractivity contribution is 0.274. The van der Waals surface area contributed by atoms with Crippen molar-refractivity contribution < 1.29 is 8.42 Å². The Morgan fingerprint density at radius 2 is 1.96 bits per heavy atom. The van der Waals surface area contributed by atoms with Crippen molar-refractivity contribution in [3.05, 3.63) is 46.2 Å². The first-order valence-corrected chi connectivity index (χ1v) is 12.0. The predicted octanol–water partition coefficient (Wildman–Crippen LogP) is 2.82. The van der Waals surface area contributed by atoms with Gasteiger partial charge in [-0.15, -0.1) is 15.7 Å². The van der Waals surface area contributed by atoms with Crippen LogP contribution in [0.15, 0.2) is 45.0 Å². The molecule has 6 nitrogen and oxygen atoms in total. The second-order valence-corrected chi connectivity index (χ2v) is 10.0. The fraction of sp³-hybridized carbons (Fsp3) is 0.450.